The van der Waals surface area contributed by atoms with Gasteiger partial charge < -0.3 is 39.1 Å². The van der Waals surface area contributed by atoms with Crippen LogP contribution in [0.4, 0.5) is 0 Å². The van der Waals surface area contributed by atoms with Crippen molar-refractivity contribution >= 4 is 28.1 Å². The third-order valence-electron chi connectivity index (χ3n) is 6.73. The van der Waals surface area contributed by atoms with Gasteiger partial charge >= 0.3 is 0 Å². The number of fused-ring (bicyclic) bond motifs is 1. The summed E-state index contributed by atoms with van der Waals surface area (Å²) in [5, 5.41) is 17.1. The average Bonchev–Trinajstić information content (AvgIpc) is 3.63. The van der Waals surface area contributed by atoms with Crippen molar-refractivity contribution in [3.8, 4) is 5.75 Å². The molecule has 3 N–H and O–H groups in total. The number of hydrogen-bond donors (Lipinski definition) is 3. The fraction of sp³-hybridized carbons (Fsp3) is 0.483. The Balaban J connectivity index is 1.40. The lowest BCUT2D eigenvalue weighted by Crippen LogP contribution is -2.39. The van der Waals surface area contributed by atoms with Crippen LogP contribution in [0.2, 0.25) is 0 Å². The molecule has 4 rings (SSSR count). The molecule has 10 heteroatoms. The minimum atomic E-state index is -0.569. The second-order valence-corrected chi connectivity index (χ2v) is 9.97. The van der Waals surface area contributed by atoms with Crippen LogP contribution in [-0.4, -0.2) is 75.6 Å². The number of thiophene rings is 1. The summed E-state index contributed by atoms with van der Waals surface area (Å²) in [7, 11) is 1.65. The van der Waals surface area contributed by atoms with E-state index in [0.717, 1.165) is 27.8 Å². The molecule has 0 spiro atoms. The van der Waals surface area contributed by atoms with Crippen LogP contribution in [0.5, 0.6) is 5.75 Å². The number of aromatic nitrogens is 1. The van der Waals surface area contributed by atoms with Crippen molar-refractivity contribution in [3.05, 3.63) is 64.2 Å². The maximum atomic E-state index is 13.2. The lowest BCUT2D eigenvalue weighted by molar-refractivity contribution is -0.168. The summed E-state index contributed by atoms with van der Waals surface area (Å²) in [6.45, 7) is 4.53. The Morgan fingerprint density at radius 1 is 1.18 bits per heavy atom. The number of ether oxygens (including phenoxy) is 5. The van der Waals surface area contributed by atoms with Gasteiger partial charge in [-0.05, 0) is 72.0 Å². The van der Waals surface area contributed by atoms with E-state index in [2.05, 4.69) is 21.7 Å². The largest absolute Gasteiger partial charge is 0.497 e. The molecule has 1 amide bonds. The average molecular weight is 559 g/mol. The highest BCUT2D eigenvalue weighted by Gasteiger charge is 2.38. The van der Waals surface area contributed by atoms with E-state index in [4.69, 9.17) is 28.8 Å². The fourth-order valence-corrected chi connectivity index (χ4v) is 5.48. The molecule has 1 aliphatic rings. The fourth-order valence-electron chi connectivity index (χ4n) is 4.78. The maximum absolute atomic E-state index is 13.2. The van der Waals surface area contributed by atoms with Crippen LogP contribution in [0.1, 0.15) is 30.4 Å². The SMILES string of the molecule is CCO[C@@H]1OC(C(=O)NCCc2c[nH]c3ccc(OC)cc23)=C[C@H](c2ccsc2)[C@H]1CCOCCOCCO. The number of rotatable bonds is 16. The number of carbonyl (C=O) groups is 1. The van der Waals surface area contributed by atoms with Crippen LogP contribution >= 0.6 is 11.3 Å². The molecule has 9 nitrogen and oxygen atoms in total. The van der Waals surface area contributed by atoms with Crippen molar-refractivity contribution in [1.82, 2.24) is 10.3 Å². The Morgan fingerprint density at radius 3 is 2.77 bits per heavy atom. The Hall–Kier alpha value is -2.89. The number of allylic oxidation sites excluding steroid dienone is 1. The van der Waals surface area contributed by atoms with Crippen LogP contribution in [0, 0.1) is 5.92 Å². The van der Waals surface area contributed by atoms with Gasteiger partial charge in [-0.2, -0.15) is 11.3 Å². The monoisotopic (exact) mass is 558 g/mol. The summed E-state index contributed by atoms with van der Waals surface area (Å²) in [5.74, 6) is 0.755. The first-order valence-electron chi connectivity index (χ1n) is 13.3. The summed E-state index contributed by atoms with van der Waals surface area (Å²) in [6, 6.07) is 7.99. The van der Waals surface area contributed by atoms with Crippen LogP contribution in [-0.2, 0) is 30.2 Å². The highest BCUT2D eigenvalue weighted by Crippen LogP contribution is 2.39. The first-order chi connectivity index (χ1) is 19.1. The molecule has 3 heterocycles. The molecule has 0 saturated heterocycles. The van der Waals surface area contributed by atoms with Gasteiger partial charge in [0.1, 0.15) is 5.75 Å². The van der Waals surface area contributed by atoms with Gasteiger partial charge in [0.15, 0.2) is 5.76 Å². The van der Waals surface area contributed by atoms with Gasteiger partial charge in [-0.3, -0.25) is 4.79 Å². The van der Waals surface area contributed by atoms with E-state index in [-0.39, 0.29) is 30.1 Å². The molecule has 1 aliphatic heterocycles. The van der Waals surface area contributed by atoms with Gasteiger partial charge in [-0.25, -0.2) is 0 Å². The molecule has 0 aliphatic carbocycles. The van der Waals surface area contributed by atoms with Gasteiger partial charge in [0, 0.05) is 48.7 Å². The summed E-state index contributed by atoms with van der Waals surface area (Å²) in [4.78, 5) is 16.5. The van der Waals surface area contributed by atoms with E-state index in [1.807, 2.05) is 42.8 Å². The lowest BCUT2D eigenvalue weighted by Gasteiger charge is -2.36. The Kier molecular flexibility index (Phi) is 11.2. The van der Waals surface area contributed by atoms with E-state index in [1.165, 1.54) is 0 Å². The normalized spacial score (nSPS) is 19.1. The van der Waals surface area contributed by atoms with Gasteiger partial charge in [-0.15, -0.1) is 0 Å². The number of aromatic amines is 1. The Labute approximate surface area is 233 Å². The standard InChI is InChI=1S/C29H38N2O7S/c1-3-37-29-23(7-11-35-13-14-36-12-10-32)24(21-8-15-39-19-21)17-27(38-29)28(33)30-9-6-20-18-31-26-5-4-22(34-2)16-25(20)26/h4-5,8,15-19,23-24,29,31-32H,3,6-7,9-14H2,1-2H3,(H,30,33)/t23-,24-,29-/m1/s1. The highest BCUT2D eigenvalue weighted by atomic mass is 32.1. The van der Waals surface area contributed by atoms with Crippen LogP contribution in [0.15, 0.2) is 53.1 Å². The highest BCUT2D eigenvalue weighted by molar-refractivity contribution is 7.08. The van der Waals surface area contributed by atoms with Gasteiger partial charge in [0.25, 0.3) is 5.91 Å². The minimum Gasteiger partial charge on any atom is -0.497 e. The van der Waals surface area contributed by atoms with Crippen LogP contribution in [0.25, 0.3) is 10.9 Å². The lowest BCUT2D eigenvalue weighted by atomic mass is 9.82. The zero-order valence-electron chi connectivity index (χ0n) is 22.5. The zero-order chi connectivity index (χ0) is 27.5. The second-order valence-electron chi connectivity index (χ2n) is 9.19. The smallest absolute Gasteiger partial charge is 0.286 e. The number of hydrogen-bond acceptors (Lipinski definition) is 8. The van der Waals surface area contributed by atoms with Crippen LogP contribution < -0.4 is 10.1 Å². The van der Waals surface area contributed by atoms with E-state index >= 15 is 0 Å². The van der Waals surface area contributed by atoms with Crippen molar-refractivity contribution in [2.45, 2.75) is 32.0 Å². The van der Waals surface area contributed by atoms with E-state index in [0.29, 0.717) is 52.4 Å². The molecule has 3 aromatic rings. The number of nitrogens with one attached hydrogen (secondary N) is 2. The first-order valence-corrected chi connectivity index (χ1v) is 14.3. The predicted octanol–water partition coefficient (Wildman–Crippen LogP) is 3.99. The van der Waals surface area contributed by atoms with Crippen molar-refractivity contribution < 1.29 is 33.6 Å². The molecular weight excluding hydrogens is 520 g/mol. The number of carbonyl (C=O) groups excluding carboxylic acids is 1. The summed E-state index contributed by atoms with van der Waals surface area (Å²) in [6.07, 6.45) is 4.67. The molecule has 1 aromatic carbocycles. The van der Waals surface area contributed by atoms with Crippen molar-refractivity contribution in [3.63, 3.8) is 0 Å². The van der Waals surface area contributed by atoms with E-state index in [1.54, 1.807) is 18.4 Å². The number of aliphatic hydroxyl groups is 1. The number of H-pyrrole nitrogens is 1. The number of aliphatic hydroxyl groups excluding tert-OH is 1. The second kappa shape index (κ2) is 15.0. The first kappa shape index (κ1) is 29.1. The maximum Gasteiger partial charge on any atom is 0.286 e. The van der Waals surface area contributed by atoms with Crippen molar-refractivity contribution in [2.75, 3.05) is 53.3 Å². The van der Waals surface area contributed by atoms with E-state index in [9.17, 15) is 4.79 Å². The molecule has 0 radical (unpaired) electrons. The number of amides is 1. The molecule has 0 unspecified atom stereocenters. The minimum absolute atomic E-state index is 0.00171. The van der Waals surface area contributed by atoms with Gasteiger partial charge in [-0.1, -0.05) is 0 Å². The summed E-state index contributed by atoms with van der Waals surface area (Å²) in [5.41, 5.74) is 3.26. The molecule has 0 saturated carbocycles. The van der Waals surface area contributed by atoms with Crippen LogP contribution in [0.3, 0.4) is 0 Å². The van der Waals surface area contributed by atoms with Gasteiger partial charge in [0.2, 0.25) is 6.29 Å². The number of methoxy groups -OCH3 is 1. The number of benzene rings is 1. The van der Waals surface area contributed by atoms with Gasteiger partial charge in [0.05, 0.1) is 33.5 Å². The van der Waals surface area contributed by atoms with Crippen molar-refractivity contribution in [2.24, 2.45) is 5.92 Å². The topological polar surface area (TPSA) is 111 Å². The Bertz CT molecular complexity index is 1190. The molecule has 0 fully saturated rings. The molecule has 2 aromatic heterocycles. The Morgan fingerprint density at radius 2 is 2.03 bits per heavy atom. The zero-order valence-corrected chi connectivity index (χ0v) is 23.3. The predicted molar refractivity (Wildman–Crippen MR) is 150 cm³/mol. The van der Waals surface area contributed by atoms with Crippen molar-refractivity contribution in [1.29, 1.82) is 0 Å². The molecule has 39 heavy (non-hydrogen) atoms. The molecular formula is C29H38N2O7S. The van der Waals surface area contributed by atoms with E-state index < -0.39 is 6.29 Å². The third kappa shape index (κ3) is 7.83. The molecule has 212 valence electrons. The third-order valence-corrected chi connectivity index (χ3v) is 7.43. The summed E-state index contributed by atoms with van der Waals surface area (Å²) >= 11 is 1.62. The quantitative estimate of drug-likeness (QED) is 0.228. The summed E-state index contributed by atoms with van der Waals surface area (Å²) < 4.78 is 28.5. The molecule has 3 atom stereocenters. The molecule has 0 bridgehead atoms.